The predicted octanol–water partition coefficient (Wildman–Crippen LogP) is 4.29. The fourth-order valence-corrected chi connectivity index (χ4v) is 1.52. The highest BCUT2D eigenvalue weighted by Gasteiger charge is 1.89. The molecule has 0 saturated heterocycles. The van der Waals surface area contributed by atoms with Crippen LogP contribution in [0.25, 0.3) is 0 Å². The van der Waals surface area contributed by atoms with Crippen molar-refractivity contribution in [2.45, 2.75) is 45.4 Å². The quantitative estimate of drug-likeness (QED) is 0.231. The molecule has 0 saturated carbocycles. The average molecular weight is 293 g/mol. The lowest BCUT2D eigenvalue weighted by atomic mass is 10.2. The fourth-order valence-electron chi connectivity index (χ4n) is 1.26. The molecule has 0 rings (SSSR count). The van der Waals surface area contributed by atoms with Gasteiger partial charge in [-0.15, -0.1) is 0 Å². The summed E-state index contributed by atoms with van der Waals surface area (Å²) < 4.78 is 10.7. The second-order valence-corrected chi connectivity index (χ2v) is 4.53. The number of unbranched alkanes of at least 4 members (excludes halogenated alkanes) is 3. The molecule has 0 aliphatic carbocycles. The maximum absolute atomic E-state index is 5.35. The van der Waals surface area contributed by atoms with Gasteiger partial charge in [0.1, 0.15) is 6.79 Å². The molecule has 0 heterocycles. The van der Waals surface area contributed by atoms with Crippen LogP contribution in [0.4, 0.5) is 0 Å². The molecule has 3 heteroatoms. The summed E-state index contributed by atoms with van der Waals surface area (Å²) in [6.07, 6.45) is 11.4. The Morgan fingerprint density at radius 2 is 1.69 bits per heavy atom. The van der Waals surface area contributed by atoms with Crippen LogP contribution in [0.15, 0.2) is 12.2 Å². The van der Waals surface area contributed by atoms with Gasteiger partial charge in [0.25, 0.3) is 0 Å². The van der Waals surface area contributed by atoms with Gasteiger partial charge in [0.05, 0.1) is 6.61 Å². The van der Waals surface area contributed by atoms with Gasteiger partial charge in [-0.3, -0.25) is 0 Å². The first-order valence-electron chi connectivity index (χ1n) is 6.28. The van der Waals surface area contributed by atoms with Crippen LogP contribution in [-0.2, 0) is 9.47 Å². The average Bonchev–Trinajstić information content (AvgIpc) is 2.31. The summed E-state index contributed by atoms with van der Waals surface area (Å²) in [5.41, 5.74) is 0. The molecule has 96 valence electrons. The Balaban J connectivity index is 2.93. The molecule has 0 aromatic carbocycles. The Labute approximate surface area is 109 Å². The first kappa shape index (κ1) is 16.1. The molecule has 0 spiro atoms. The minimum atomic E-state index is 0.443. The minimum Gasteiger partial charge on any atom is -0.355 e. The summed E-state index contributed by atoms with van der Waals surface area (Å²) >= 11 is 3.38. The van der Waals surface area contributed by atoms with Crippen LogP contribution in [0, 0.1) is 0 Å². The smallest absolute Gasteiger partial charge is 0.146 e. The van der Waals surface area contributed by atoms with Crippen molar-refractivity contribution in [2.75, 3.05) is 25.3 Å². The van der Waals surface area contributed by atoms with E-state index in [2.05, 4.69) is 35.0 Å². The minimum absolute atomic E-state index is 0.443. The Hall–Kier alpha value is 0.140. The monoisotopic (exact) mass is 292 g/mol. The first-order chi connectivity index (χ1) is 7.91. The van der Waals surface area contributed by atoms with E-state index >= 15 is 0 Å². The zero-order valence-electron chi connectivity index (χ0n) is 10.4. The van der Waals surface area contributed by atoms with Crippen molar-refractivity contribution in [2.24, 2.45) is 0 Å². The summed E-state index contributed by atoms with van der Waals surface area (Å²) in [7, 11) is 0. The van der Waals surface area contributed by atoms with E-state index in [1.54, 1.807) is 0 Å². The van der Waals surface area contributed by atoms with Gasteiger partial charge < -0.3 is 9.47 Å². The van der Waals surface area contributed by atoms with E-state index in [-0.39, 0.29) is 0 Å². The maximum Gasteiger partial charge on any atom is 0.146 e. The molecule has 16 heavy (non-hydrogen) atoms. The highest BCUT2D eigenvalue weighted by Crippen LogP contribution is 1.99. The third-order valence-electron chi connectivity index (χ3n) is 2.18. The van der Waals surface area contributed by atoms with Crippen molar-refractivity contribution in [3.05, 3.63) is 12.2 Å². The van der Waals surface area contributed by atoms with Crippen molar-refractivity contribution in [3.8, 4) is 0 Å². The maximum atomic E-state index is 5.35. The van der Waals surface area contributed by atoms with Gasteiger partial charge in [0.15, 0.2) is 0 Å². The summed E-state index contributed by atoms with van der Waals surface area (Å²) in [4.78, 5) is 0. The van der Waals surface area contributed by atoms with Crippen LogP contribution in [0.1, 0.15) is 45.4 Å². The summed E-state index contributed by atoms with van der Waals surface area (Å²) in [5.74, 6) is 0. The van der Waals surface area contributed by atoms with E-state index in [4.69, 9.17) is 9.47 Å². The van der Waals surface area contributed by atoms with Crippen molar-refractivity contribution in [3.63, 3.8) is 0 Å². The zero-order valence-corrected chi connectivity index (χ0v) is 12.0. The zero-order chi connectivity index (χ0) is 11.9. The Kier molecular flexibility index (Phi) is 15.3. The van der Waals surface area contributed by atoms with Gasteiger partial charge in [-0.25, -0.2) is 0 Å². The Bertz CT molecular complexity index is 149. The molecule has 0 aliphatic heterocycles. The van der Waals surface area contributed by atoms with E-state index < -0.39 is 0 Å². The largest absolute Gasteiger partial charge is 0.355 e. The van der Waals surface area contributed by atoms with Gasteiger partial charge in [0, 0.05) is 11.9 Å². The lowest BCUT2D eigenvalue weighted by molar-refractivity contribution is -0.0531. The van der Waals surface area contributed by atoms with E-state index in [0.29, 0.717) is 6.79 Å². The van der Waals surface area contributed by atoms with Gasteiger partial charge >= 0.3 is 0 Å². The standard InChI is InChI=1S/C13H25BrO2/c1-2-3-4-8-11-15-13-16-12-9-6-5-7-10-14/h5-6H,2-4,7-13H2,1H3/b6-5+. The van der Waals surface area contributed by atoms with Crippen molar-refractivity contribution >= 4 is 15.9 Å². The van der Waals surface area contributed by atoms with E-state index in [0.717, 1.165) is 37.8 Å². The number of hydrogen-bond donors (Lipinski definition) is 0. The molecule has 0 aromatic heterocycles. The third-order valence-corrected chi connectivity index (χ3v) is 2.64. The van der Waals surface area contributed by atoms with E-state index in [1.807, 2.05) is 0 Å². The summed E-state index contributed by atoms with van der Waals surface area (Å²) in [6, 6.07) is 0. The van der Waals surface area contributed by atoms with Crippen LogP contribution in [0.2, 0.25) is 0 Å². The van der Waals surface area contributed by atoms with Crippen LogP contribution < -0.4 is 0 Å². The van der Waals surface area contributed by atoms with Crippen molar-refractivity contribution in [1.82, 2.24) is 0 Å². The number of rotatable bonds is 12. The Morgan fingerprint density at radius 3 is 2.44 bits per heavy atom. The fraction of sp³-hybridized carbons (Fsp3) is 0.846. The molecule has 0 aliphatic rings. The number of allylic oxidation sites excluding steroid dienone is 1. The van der Waals surface area contributed by atoms with Crippen LogP contribution >= 0.6 is 15.9 Å². The molecule has 0 N–H and O–H groups in total. The Morgan fingerprint density at radius 1 is 0.938 bits per heavy atom. The van der Waals surface area contributed by atoms with Crippen LogP contribution in [0.5, 0.6) is 0 Å². The molecule has 0 amide bonds. The number of ether oxygens (including phenoxy) is 2. The lowest BCUT2D eigenvalue weighted by Crippen LogP contribution is -2.02. The molecule has 0 unspecified atom stereocenters. The first-order valence-corrected chi connectivity index (χ1v) is 7.40. The second-order valence-electron chi connectivity index (χ2n) is 3.73. The molecule has 0 bridgehead atoms. The molecule has 0 atom stereocenters. The van der Waals surface area contributed by atoms with E-state index in [1.165, 1.54) is 19.3 Å². The molecule has 0 radical (unpaired) electrons. The lowest BCUT2D eigenvalue weighted by Gasteiger charge is -2.04. The topological polar surface area (TPSA) is 18.5 Å². The van der Waals surface area contributed by atoms with E-state index in [9.17, 15) is 0 Å². The van der Waals surface area contributed by atoms with Crippen molar-refractivity contribution < 1.29 is 9.47 Å². The predicted molar refractivity (Wildman–Crippen MR) is 73.1 cm³/mol. The van der Waals surface area contributed by atoms with Gasteiger partial charge in [0.2, 0.25) is 0 Å². The number of halogens is 1. The number of alkyl halides is 1. The highest BCUT2D eigenvalue weighted by molar-refractivity contribution is 9.09. The molecule has 0 fully saturated rings. The number of hydrogen-bond acceptors (Lipinski definition) is 2. The van der Waals surface area contributed by atoms with Gasteiger partial charge in [-0.1, -0.05) is 54.3 Å². The third kappa shape index (κ3) is 14.1. The molecule has 2 nitrogen and oxygen atoms in total. The summed E-state index contributed by atoms with van der Waals surface area (Å²) in [5, 5.41) is 1.03. The van der Waals surface area contributed by atoms with Gasteiger partial charge in [-0.05, 0) is 19.3 Å². The summed E-state index contributed by atoms with van der Waals surface area (Å²) in [6.45, 7) is 4.25. The molecular formula is C13H25BrO2. The SMILES string of the molecule is CCCCCCOCOCC/C=C/CCBr. The molecule has 0 aromatic rings. The second kappa shape index (κ2) is 15.1. The van der Waals surface area contributed by atoms with Crippen LogP contribution in [0.3, 0.4) is 0 Å². The van der Waals surface area contributed by atoms with Gasteiger partial charge in [-0.2, -0.15) is 0 Å². The molecular weight excluding hydrogens is 268 g/mol. The van der Waals surface area contributed by atoms with Crippen molar-refractivity contribution in [1.29, 1.82) is 0 Å². The highest BCUT2D eigenvalue weighted by atomic mass is 79.9. The normalized spacial score (nSPS) is 11.4. The van der Waals surface area contributed by atoms with Crippen LogP contribution in [-0.4, -0.2) is 25.3 Å².